The quantitative estimate of drug-likeness (QED) is 0.645. The molecule has 0 fully saturated rings. The van der Waals surface area contributed by atoms with Crippen LogP contribution in [0.15, 0.2) is 18.2 Å². The molecule has 1 aromatic carbocycles. The molecule has 5 heteroatoms. The SMILES string of the molecule is CCCCCCOCC(O)CNc1c(F)cccc1Cl. The third kappa shape index (κ3) is 6.55. The number of ether oxygens (including phenoxy) is 1. The first-order chi connectivity index (χ1) is 9.65. The molecule has 0 radical (unpaired) electrons. The molecule has 3 nitrogen and oxygen atoms in total. The van der Waals surface area contributed by atoms with E-state index in [1.54, 1.807) is 12.1 Å². The van der Waals surface area contributed by atoms with Crippen molar-refractivity contribution in [2.24, 2.45) is 0 Å². The lowest BCUT2D eigenvalue weighted by molar-refractivity contribution is 0.0416. The summed E-state index contributed by atoms with van der Waals surface area (Å²) in [6, 6.07) is 4.47. The standard InChI is InChI=1S/C15H23ClFNO2/c1-2-3-4-5-9-20-11-12(19)10-18-15-13(16)7-6-8-14(15)17/h6-8,12,18-19H,2-5,9-11H2,1H3. The van der Waals surface area contributed by atoms with Gasteiger partial charge in [-0.25, -0.2) is 4.39 Å². The normalized spacial score (nSPS) is 12.4. The molecule has 114 valence electrons. The largest absolute Gasteiger partial charge is 0.389 e. The zero-order chi connectivity index (χ0) is 14.8. The maximum atomic E-state index is 13.5. The van der Waals surface area contributed by atoms with Gasteiger partial charge >= 0.3 is 0 Å². The van der Waals surface area contributed by atoms with E-state index in [-0.39, 0.29) is 18.8 Å². The minimum absolute atomic E-state index is 0.204. The molecule has 1 rings (SSSR count). The highest BCUT2D eigenvalue weighted by Crippen LogP contribution is 2.24. The first-order valence-corrected chi connectivity index (χ1v) is 7.46. The molecule has 0 amide bonds. The van der Waals surface area contributed by atoms with Crippen LogP contribution >= 0.6 is 11.6 Å². The number of rotatable bonds is 10. The number of nitrogens with one attached hydrogen (secondary N) is 1. The van der Waals surface area contributed by atoms with Gasteiger partial charge in [-0.2, -0.15) is 0 Å². The second-order valence-electron chi connectivity index (χ2n) is 4.77. The molecule has 1 atom stereocenters. The van der Waals surface area contributed by atoms with Gasteiger partial charge in [-0.3, -0.25) is 0 Å². The Hall–Kier alpha value is -0.840. The predicted molar refractivity (Wildman–Crippen MR) is 80.9 cm³/mol. The van der Waals surface area contributed by atoms with Crippen LogP contribution in [0.3, 0.4) is 0 Å². The third-order valence-corrected chi connectivity index (χ3v) is 3.24. The Morgan fingerprint density at radius 3 is 2.85 bits per heavy atom. The van der Waals surface area contributed by atoms with Gasteiger partial charge in [0.25, 0.3) is 0 Å². The van der Waals surface area contributed by atoms with Crippen LogP contribution in [0.5, 0.6) is 0 Å². The van der Waals surface area contributed by atoms with E-state index in [0.717, 1.165) is 12.8 Å². The second-order valence-corrected chi connectivity index (χ2v) is 5.17. The average Bonchev–Trinajstić information content (AvgIpc) is 2.42. The van der Waals surface area contributed by atoms with E-state index in [1.807, 2.05) is 0 Å². The molecule has 1 aromatic rings. The van der Waals surface area contributed by atoms with Crippen LogP contribution in [0.4, 0.5) is 10.1 Å². The van der Waals surface area contributed by atoms with E-state index in [4.69, 9.17) is 16.3 Å². The van der Waals surface area contributed by atoms with Crippen molar-refractivity contribution in [2.75, 3.05) is 25.1 Å². The first-order valence-electron chi connectivity index (χ1n) is 7.08. The summed E-state index contributed by atoms with van der Waals surface area (Å²) in [5, 5.41) is 12.9. The lowest BCUT2D eigenvalue weighted by Crippen LogP contribution is -2.25. The van der Waals surface area contributed by atoms with Gasteiger partial charge in [0.05, 0.1) is 23.4 Å². The summed E-state index contributed by atoms with van der Waals surface area (Å²) < 4.78 is 18.8. The van der Waals surface area contributed by atoms with Crippen LogP contribution in [-0.2, 0) is 4.74 Å². The van der Waals surface area contributed by atoms with Crippen LogP contribution < -0.4 is 5.32 Å². The predicted octanol–water partition coefficient (Wildman–Crippen LogP) is 3.85. The highest BCUT2D eigenvalue weighted by molar-refractivity contribution is 6.33. The molecule has 0 aromatic heterocycles. The molecule has 0 spiro atoms. The number of unbranched alkanes of at least 4 members (excludes halogenated alkanes) is 3. The Morgan fingerprint density at radius 2 is 2.15 bits per heavy atom. The molecule has 20 heavy (non-hydrogen) atoms. The summed E-state index contributed by atoms with van der Waals surface area (Å²) in [5.74, 6) is -0.426. The monoisotopic (exact) mass is 303 g/mol. The first kappa shape index (κ1) is 17.2. The van der Waals surface area contributed by atoms with Crippen LogP contribution in [0.2, 0.25) is 5.02 Å². The van der Waals surface area contributed by atoms with E-state index < -0.39 is 11.9 Å². The maximum absolute atomic E-state index is 13.5. The highest BCUT2D eigenvalue weighted by atomic mass is 35.5. The molecule has 0 aliphatic rings. The van der Waals surface area contributed by atoms with Gasteiger partial charge in [0, 0.05) is 13.2 Å². The van der Waals surface area contributed by atoms with Gasteiger partial charge in [-0.05, 0) is 18.6 Å². The van der Waals surface area contributed by atoms with Crippen molar-refractivity contribution >= 4 is 17.3 Å². The number of hydrogen-bond donors (Lipinski definition) is 2. The number of anilines is 1. The van der Waals surface area contributed by atoms with E-state index >= 15 is 0 Å². The van der Waals surface area contributed by atoms with Gasteiger partial charge in [0.1, 0.15) is 5.82 Å². The summed E-state index contributed by atoms with van der Waals surface area (Å²) in [7, 11) is 0. The Bertz CT molecular complexity index is 370. The van der Waals surface area contributed by atoms with Crippen molar-refractivity contribution in [3.63, 3.8) is 0 Å². The molecular formula is C15H23ClFNO2. The van der Waals surface area contributed by atoms with Crippen LogP contribution in [0.1, 0.15) is 32.6 Å². The number of aliphatic hydroxyl groups is 1. The van der Waals surface area contributed by atoms with Crippen molar-refractivity contribution in [1.82, 2.24) is 0 Å². The maximum Gasteiger partial charge on any atom is 0.147 e. The zero-order valence-electron chi connectivity index (χ0n) is 11.9. The molecule has 0 saturated carbocycles. The zero-order valence-corrected chi connectivity index (χ0v) is 12.6. The second kappa shape index (κ2) is 9.97. The molecule has 2 N–H and O–H groups in total. The Morgan fingerprint density at radius 1 is 1.35 bits per heavy atom. The molecule has 0 bridgehead atoms. The third-order valence-electron chi connectivity index (χ3n) is 2.93. The minimum Gasteiger partial charge on any atom is -0.389 e. The van der Waals surface area contributed by atoms with Crippen molar-refractivity contribution in [3.05, 3.63) is 29.0 Å². The van der Waals surface area contributed by atoms with Crippen molar-refractivity contribution in [3.8, 4) is 0 Å². The Balaban J connectivity index is 2.18. The summed E-state index contributed by atoms with van der Waals surface area (Å²) in [6.07, 6.45) is 3.87. The summed E-state index contributed by atoms with van der Waals surface area (Å²) in [4.78, 5) is 0. The molecule has 0 saturated heterocycles. The van der Waals surface area contributed by atoms with Gasteiger partial charge < -0.3 is 15.2 Å². The summed E-state index contributed by atoms with van der Waals surface area (Å²) in [5.41, 5.74) is 0.219. The van der Waals surface area contributed by atoms with E-state index in [9.17, 15) is 9.50 Å². The molecule has 0 aliphatic heterocycles. The van der Waals surface area contributed by atoms with Gasteiger partial charge in [-0.1, -0.05) is 43.9 Å². The molecular weight excluding hydrogens is 281 g/mol. The lowest BCUT2D eigenvalue weighted by Gasteiger charge is -2.14. The van der Waals surface area contributed by atoms with Crippen LogP contribution in [0.25, 0.3) is 0 Å². The van der Waals surface area contributed by atoms with E-state index in [0.29, 0.717) is 11.6 Å². The number of para-hydroxylation sites is 1. The van der Waals surface area contributed by atoms with Crippen molar-refractivity contribution in [1.29, 1.82) is 0 Å². The van der Waals surface area contributed by atoms with Gasteiger partial charge in [-0.15, -0.1) is 0 Å². The van der Waals surface area contributed by atoms with Crippen LogP contribution in [0, 0.1) is 5.82 Å². The van der Waals surface area contributed by atoms with Crippen molar-refractivity contribution in [2.45, 2.75) is 38.7 Å². The minimum atomic E-state index is -0.683. The fourth-order valence-corrected chi connectivity index (χ4v) is 2.03. The van der Waals surface area contributed by atoms with Gasteiger partial charge in [0.15, 0.2) is 0 Å². The molecule has 0 aliphatic carbocycles. The Kier molecular flexibility index (Phi) is 8.58. The molecule has 1 unspecified atom stereocenters. The average molecular weight is 304 g/mol. The van der Waals surface area contributed by atoms with E-state index in [2.05, 4.69) is 12.2 Å². The van der Waals surface area contributed by atoms with E-state index in [1.165, 1.54) is 18.9 Å². The summed E-state index contributed by atoms with van der Waals surface area (Å²) in [6.45, 7) is 3.25. The summed E-state index contributed by atoms with van der Waals surface area (Å²) >= 11 is 5.87. The van der Waals surface area contributed by atoms with Gasteiger partial charge in [0.2, 0.25) is 0 Å². The van der Waals surface area contributed by atoms with Crippen LogP contribution in [-0.4, -0.2) is 31.0 Å². The highest BCUT2D eigenvalue weighted by Gasteiger charge is 2.09. The fraction of sp³-hybridized carbons (Fsp3) is 0.600. The Labute approximate surface area is 125 Å². The van der Waals surface area contributed by atoms with Crippen molar-refractivity contribution < 1.29 is 14.2 Å². The number of benzene rings is 1. The fourth-order valence-electron chi connectivity index (χ4n) is 1.80. The topological polar surface area (TPSA) is 41.5 Å². The number of aliphatic hydroxyl groups excluding tert-OH is 1. The lowest BCUT2D eigenvalue weighted by atomic mass is 10.2. The number of hydrogen-bond acceptors (Lipinski definition) is 3. The smallest absolute Gasteiger partial charge is 0.147 e. The molecule has 0 heterocycles. The number of halogens is 2.